The highest BCUT2D eigenvalue weighted by atomic mass is 32.1. The van der Waals surface area contributed by atoms with Crippen LogP contribution in [0.4, 0.5) is 4.39 Å². The molecule has 0 aliphatic rings. The Morgan fingerprint density at radius 3 is 2.88 bits per heavy atom. The molecule has 1 aromatic heterocycles. The fourth-order valence-electron chi connectivity index (χ4n) is 1.81. The summed E-state index contributed by atoms with van der Waals surface area (Å²) in [5, 5.41) is 14.1. The van der Waals surface area contributed by atoms with Crippen molar-refractivity contribution in [3.8, 4) is 0 Å². The van der Waals surface area contributed by atoms with E-state index in [9.17, 15) is 9.50 Å². The molecule has 0 aliphatic heterocycles. The predicted octanol–water partition coefficient (Wildman–Crippen LogP) is 3.86. The van der Waals surface area contributed by atoms with Crippen molar-refractivity contribution in [2.24, 2.45) is 0 Å². The summed E-state index contributed by atoms with van der Waals surface area (Å²) < 4.78 is 13.5. The molecule has 1 atom stereocenters. The SMILES string of the molecule is Cc1ccc(F)c(C(O)CCc2ccsc2)c1. The molecular formula is C14H15FOS. The fraction of sp³-hybridized carbons (Fsp3) is 0.286. The lowest BCUT2D eigenvalue weighted by Gasteiger charge is -2.12. The molecule has 0 aliphatic carbocycles. The van der Waals surface area contributed by atoms with Gasteiger partial charge in [0.15, 0.2) is 0 Å². The van der Waals surface area contributed by atoms with Gasteiger partial charge in [0.1, 0.15) is 5.82 Å². The summed E-state index contributed by atoms with van der Waals surface area (Å²) in [4.78, 5) is 0. The van der Waals surface area contributed by atoms with Crippen LogP contribution in [0.25, 0.3) is 0 Å². The van der Waals surface area contributed by atoms with Crippen LogP contribution in [0.3, 0.4) is 0 Å². The highest BCUT2D eigenvalue weighted by Crippen LogP contribution is 2.23. The number of hydrogen-bond donors (Lipinski definition) is 1. The first-order valence-corrected chi connectivity index (χ1v) is 6.56. The highest BCUT2D eigenvalue weighted by molar-refractivity contribution is 7.07. The Hall–Kier alpha value is -1.19. The Morgan fingerprint density at radius 1 is 1.35 bits per heavy atom. The molecule has 2 rings (SSSR count). The molecule has 1 nitrogen and oxygen atoms in total. The Labute approximate surface area is 105 Å². The maximum absolute atomic E-state index is 13.5. The minimum atomic E-state index is -0.727. The van der Waals surface area contributed by atoms with Gasteiger partial charge in [0.2, 0.25) is 0 Å². The third kappa shape index (κ3) is 3.14. The van der Waals surface area contributed by atoms with Crippen molar-refractivity contribution in [2.75, 3.05) is 0 Å². The maximum atomic E-state index is 13.5. The molecule has 0 amide bonds. The van der Waals surface area contributed by atoms with E-state index in [-0.39, 0.29) is 5.82 Å². The van der Waals surface area contributed by atoms with Crippen LogP contribution in [0.15, 0.2) is 35.0 Å². The molecule has 17 heavy (non-hydrogen) atoms. The molecule has 0 saturated heterocycles. The van der Waals surface area contributed by atoms with Gasteiger partial charge in [-0.2, -0.15) is 11.3 Å². The van der Waals surface area contributed by atoms with Gasteiger partial charge in [-0.3, -0.25) is 0 Å². The first-order chi connectivity index (χ1) is 8.16. The van der Waals surface area contributed by atoms with E-state index in [4.69, 9.17) is 0 Å². The van der Waals surface area contributed by atoms with E-state index in [0.29, 0.717) is 12.0 Å². The third-order valence-corrected chi connectivity index (χ3v) is 3.53. The summed E-state index contributed by atoms with van der Waals surface area (Å²) in [5.74, 6) is -0.326. The van der Waals surface area contributed by atoms with Gasteiger partial charge < -0.3 is 5.11 Å². The first kappa shape index (κ1) is 12.3. The highest BCUT2D eigenvalue weighted by Gasteiger charge is 2.12. The number of aryl methyl sites for hydroxylation is 2. The van der Waals surface area contributed by atoms with Gasteiger partial charge in [-0.1, -0.05) is 17.7 Å². The van der Waals surface area contributed by atoms with Crippen molar-refractivity contribution in [2.45, 2.75) is 25.9 Å². The first-order valence-electron chi connectivity index (χ1n) is 5.62. The lowest BCUT2D eigenvalue weighted by atomic mass is 10.0. The van der Waals surface area contributed by atoms with Gasteiger partial charge in [-0.05, 0) is 48.2 Å². The van der Waals surface area contributed by atoms with Crippen molar-refractivity contribution in [1.29, 1.82) is 0 Å². The second-order valence-corrected chi connectivity index (χ2v) is 4.99. The van der Waals surface area contributed by atoms with Gasteiger partial charge in [-0.25, -0.2) is 4.39 Å². The van der Waals surface area contributed by atoms with E-state index in [1.807, 2.05) is 18.4 Å². The smallest absolute Gasteiger partial charge is 0.129 e. The van der Waals surface area contributed by atoms with Crippen molar-refractivity contribution in [3.63, 3.8) is 0 Å². The molecule has 2 aromatic rings. The van der Waals surface area contributed by atoms with Gasteiger partial charge in [0.25, 0.3) is 0 Å². The Balaban J connectivity index is 2.04. The van der Waals surface area contributed by atoms with E-state index < -0.39 is 6.10 Å². The van der Waals surface area contributed by atoms with Crippen LogP contribution in [0.5, 0.6) is 0 Å². The molecule has 3 heteroatoms. The van der Waals surface area contributed by atoms with Crippen LogP contribution < -0.4 is 0 Å². The number of benzene rings is 1. The van der Waals surface area contributed by atoms with E-state index in [1.54, 1.807) is 23.5 Å². The van der Waals surface area contributed by atoms with Gasteiger partial charge in [0.05, 0.1) is 6.10 Å². The fourth-order valence-corrected chi connectivity index (χ4v) is 2.52. The Bertz CT molecular complexity index is 479. The summed E-state index contributed by atoms with van der Waals surface area (Å²) in [6.07, 6.45) is 0.601. The van der Waals surface area contributed by atoms with Crippen LogP contribution >= 0.6 is 11.3 Å². The Morgan fingerprint density at radius 2 is 2.18 bits per heavy atom. The molecule has 1 unspecified atom stereocenters. The molecule has 0 spiro atoms. The van der Waals surface area contributed by atoms with Crippen LogP contribution in [0.1, 0.15) is 29.2 Å². The van der Waals surface area contributed by atoms with E-state index in [2.05, 4.69) is 5.38 Å². The van der Waals surface area contributed by atoms with Crippen molar-refractivity contribution < 1.29 is 9.50 Å². The standard InChI is InChI=1S/C14H15FOS/c1-10-2-4-13(15)12(8-10)14(16)5-3-11-6-7-17-9-11/h2,4,6-9,14,16H,3,5H2,1H3. The van der Waals surface area contributed by atoms with Crippen LogP contribution in [-0.2, 0) is 6.42 Å². The normalized spacial score (nSPS) is 12.6. The maximum Gasteiger partial charge on any atom is 0.129 e. The summed E-state index contributed by atoms with van der Waals surface area (Å²) in [7, 11) is 0. The third-order valence-electron chi connectivity index (χ3n) is 2.80. The topological polar surface area (TPSA) is 20.2 Å². The Kier molecular flexibility index (Phi) is 3.92. The number of hydrogen-bond acceptors (Lipinski definition) is 2. The number of thiophene rings is 1. The number of aliphatic hydroxyl groups excluding tert-OH is 1. The molecule has 1 heterocycles. The lowest BCUT2D eigenvalue weighted by molar-refractivity contribution is 0.163. The van der Waals surface area contributed by atoms with Crippen LogP contribution in [0, 0.1) is 12.7 Å². The van der Waals surface area contributed by atoms with Crippen molar-refractivity contribution in [1.82, 2.24) is 0 Å². The summed E-state index contributed by atoms with van der Waals surface area (Å²) in [6.45, 7) is 1.90. The monoisotopic (exact) mass is 250 g/mol. The van der Waals surface area contributed by atoms with E-state index in [1.165, 1.54) is 11.6 Å². The number of aliphatic hydroxyl groups is 1. The quantitative estimate of drug-likeness (QED) is 0.873. The minimum Gasteiger partial charge on any atom is -0.388 e. The second-order valence-electron chi connectivity index (χ2n) is 4.21. The number of halogens is 1. The van der Waals surface area contributed by atoms with Crippen LogP contribution in [-0.4, -0.2) is 5.11 Å². The molecule has 0 radical (unpaired) electrons. The minimum absolute atomic E-state index is 0.326. The zero-order valence-corrected chi connectivity index (χ0v) is 10.5. The molecule has 0 bridgehead atoms. The van der Waals surface area contributed by atoms with E-state index >= 15 is 0 Å². The molecule has 0 saturated carbocycles. The van der Waals surface area contributed by atoms with Gasteiger partial charge in [0, 0.05) is 5.56 Å². The number of rotatable bonds is 4. The lowest BCUT2D eigenvalue weighted by Crippen LogP contribution is -2.02. The zero-order valence-electron chi connectivity index (χ0n) is 9.69. The summed E-state index contributed by atoms with van der Waals surface area (Å²) in [6, 6.07) is 6.88. The predicted molar refractivity (Wildman–Crippen MR) is 68.7 cm³/mol. The molecular weight excluding hydrogens is 235 g/mol. The van der Waals surface area contributed by atoms with Crippen molar-refractivity contribution in [3.05, 3.63) is 57.5 Å². The van der Waals surface area contributed by atoms with Gasteiger partial charge in [-0.15, -0.1) is 0 Å². The second kappa shape index (κ2) is 5.43. The molecule has 0 fully saturated rings. The molecule has 1 aromatic carbocycles. The summed E-state index contributed by atoms with van der Waals surface area (Å²) >= 11 is 1.64. The zero-order chi connectivity index (χ0) is 12.3. The van der Waals surface area contributed by atoms with Gasteiger partial charge >= 0.3 is 0 Å². The summed E-state index contributed by atoms with van der Waals surface area (Å²) in [5.41, 5.74) is 2.57. The largest absolute Gasteiger partial charge is 0.388 e. The average molecular weight is 250 g/mol. The van der Waals surface area contributed by atoms with E-state index in [0.717, 1.165) is 12.0 Å². The average Bonchev–Trinajstić information content (AvgIpc) is 2.82. The van der Waals surface area contributed by atoms with Crippen LogP contribution in [0.2, 0.25) is 0 Å². The molecule has 1 N–H and O–H groups in total. The molecule has 90 valence electrons. The van der Waals surface area contributed by atoms with Crippen molar-refractivity contribution >= 4 is 11.3 Å².